The summed E-state index contributed by atoms with van der Waals surface area (Å²) in [6.45, 7) is 0. The number of benzene rings is 7. The molecule has 0 fully saturated rings. The normalized spacial score (nSPS) is 13.1. The van der Waals surface area contributed by atoms with Crippen molar-refractivity contribution in [3.05, 3.63) is 241 Å². The third kappa shape index (κ3) is 5.51. The number of pyridine rings is 4. The monoisotopic (exact) mass is 832 g/mol. The lowest BCUT2D eigenvalue weighted by atomic mass is 9.67. The Kier molecular flexibility index (Phi) is 8.33. The molecule has 0 atom stereocenters. The van der Waals surface area contributed by atoms with Crippen molar-refractivity contribution < 1.29 is 0 Å². The Morgan fingerprint density at radius 3 is 1.64 bits per heavy atom. The highest BCUT2D eigenvalue weighted by Crippen LogP contribution is 2.65. The lowest BCUT2D eigenvalue weighted by molar-refractivity contribution is 0.723. The summed E-state index contributed by atoms with van der Waals surface area (Å²) >= 11 is 1.88. The van der Waals surface area contributed by atoms with Gasteiger partial charge in [0.15, 0.2) is 0 Å². The maximum absolute atomic E-state index is 5.39. The Morgan fingerprint density at radius 2 is 0.953 bits per heavy atom. The summed E-state index contributed by atoms with van der Waals surface area (Å²) < 4.78 is 0. The number of fused-ring (bicyclic) bond motifs is 13. The summed E-state index contributed by atoms with van der Waals surface area (Å²) in [5.41, 5.74) is 18.0. The molecule has 0 saturated heterocycles. The van der Waals surface area contributed by atoms with Crippen molar-refractivity contribution in [3.63, 3.8) is 0 Å². The molecule has 4 nitrogen and oxygen atoms in total. The number of nitrogens with zero attached hydrogens (tertiary/aromatic N) is 4. The summed E-state index contributed by atoms with van der Waals surface area (Å²) in [5, 5.41) is 3.53. The summed E-state index contributed by atoms with van der Waals surface area (Å²) in [7, 11) is 0. The van der Waals surface area contributed by atoms with Crippen molar-refractivity contribution in [2.24, 2.45) is 0 Å². The van der Waals surface area contributed by atoms with Crippen LogP contribution in [0.15, 0.2) is 228 Å². The van der Waals surface area contributed by atoms with Crippen LogP contribution in [0.2, 0.25) is 0 Å². The molecule has 5 heterocycles. The van der Waals surface area contributed by atoms with Crippen molar-refractivity contribution in [2.45, 2.75) is 15.2 Å². The van der Waals surface area contributed by atoms with Crippen LogP contribution in [-0.2, 0) is 5.41 Å². The molecule has 7 aromatic carbocycles. The average Bonchev–Trinajstić information content (AvgIpc) is 3.67. The maximum atomic E-state index is 5.39. The van der Waals surface area contributed by atoms with Crippen LogP contribution in [-0.4, -0.2) is 19.9 Å². The molecule has 0 saturated carbocycles. The number of hydrogen-bond acceptors (Lipinski definition) is 5. The Labute approximate surface area is 375 Å². The standard InChI is InChI=1S/C59H36N4S/c1-2-15-39(16-3-1)58-43-31-32-47-57(55(43)42-17-4-7-22-48(42)63-58)56-41(18-14-21-46(56)59(47)44-19-5-8-25-53(44)64-54-26-9-6-20-45(54)59)38-29-27-37(28-30-38)40-35-51(49-23-10-12-33-60-49)62-52(36-40)50-24-11-13-34-61-50/h1-36H. The minimum Gasteiger partial charge on any atom is -0.255 e. The van der Waals surface area contributed by atoms with E-state index in [1.165, 1.54) is 54.1 Å². The summed E-state index contributed by atoms with van der Waals surface area (Å²) in [6, 6.07) is 74.3. The van der Waals surface area contributed by atoms with E-state index < -0.39 is 5.41 Å². The van der Waals surface area contributed by atoms with Crippen LogP contribution < -0.4 is 0 Å². The van der Waals surface area contributed by atoms with Crippen LogP contribution in [0.3, 0.4) is 0 Å². The van der Waals surface area contributed by atoms with Gasteiger partial charge in [-0.1, -0.05) is 163 Å². The molecular formula is C59H36N4S. The third-order valence-corrected chi connectivity index (χ3v) is 14.2. The molecule has 1 aliphatic carbocycles. The molecule has 1 spiro atoms. The predicted octanol–water partition coefficient (Wildman–Crippen LogP) is 14.7. The van der Waals surface area contributed by atoms with E-state index >= 15 is 0 Å². The van der Waals surface area contributed by atoms with Gasteiger partial charge >= 0.3 is 0 Å². The molecular weight excluding hydrogens is 797 g/mol. The number of para-hydroxylation sites is 1. The largest absolute Gasteiger partial charge is 0.255 e. The first-order chi connectivity index (χ1) is 31.7. The van der Waals surface area contributed by atoms with Gasteiger partial charge in [0.05, 0.1) is 39.4 Å². The molecule has 1 aliphatic heterocycles. The lowest BCUT2D eigenvalue weighted by Crippen LogP contribution is -2.31. The van der Waals surface area contributed by atoms with E-state index in [9.17, 15) is 0 Å². The first kappa shape index (κ1) is 36.6. The van der Waals surface area contributed by atoms with Crippen LogP contribution in [0, 0.1) is 0 Å². The van der Waals surface area contributed by atoms with E-state index in [1.54, 1.807) is 0 Å². The molecule has 0 N–H and O–H groups in total. The Morgan fingerprint density at radius 1 is 0.359 bits per heavy atom. The van der Waals surface area contributed by atoms with Gasteiger partial charge in [0.2, 0.25) is 0 Å². The molecule has 64 heavy (non-hydrogen) atoms. The Hall–Kier alpha value is -7.99. The summed E-state index contributed by atoms with van der Waals surface area (Å²) in [6.07, 6.45) is 3.63. The number of aromatic nitrogens is 4. The maximum Gasteiger partial charge on any atom is 0.0900 e. The predicted molar refractivity (Wildman–Crippen MR) is 261 cm³/mol. The minimum absolute atomic E-state index is 0.550. The minimum atomic E-state index is -0.550. The SMILES string of the molecule is c1ccc(-c2nc3ccccc3c3c4c(ccc23)C2(c3ccccc3Sc3ccccc32)c2cccc(-c3ccc(-c5cc(-c6ccccn6)nc(-c6ccccn6)c5)cc3)c2-4)cc1. The fourth-order valence-corrected chi connectivity index (χ4v) is 11.5. The lowest BCUT2D eigenvalue weighted by Gasteiger charge is -2.39. The van der Waals surface area contributed by atoms with Gasteiger partial charge in [-0.2, -0.15) is 0 Å². The Balaban J connectivity index is 1.09. The molecule has 0 radical (unpaired) electrons. The fourth-order valence-electron chi connectivity index (χ4n) is 10.4. The van der Waals surface area contributed by atoms with Gasteiger partial charge in [-0.3, -0.25) is 9.97 Å². The van der Waals surface area contributed by atoms with Gasteiger partial charge in [0.1, 0.15) is 0 Å². The molecule has 0 amide bonds. The smallest absolute Gasteiger partial charge is 0.0900 e. The number of hydrogen-bond donors (Lipinski definition) is 0. The molecule has 5 heteroatoms. The van der Waals surface area contributed by atoms with Crippen LogP contribution in [0.5, 0.6) is 0 Å². The highest BCUT2D eigenvalue weighted by Gasteiger charge is 2.51. The second kappa shape index (κ2) is 14.6. The number of rotatable bonds is 5. The molecule has 4 aromatic heterocycles. The van der Waals surface area contributed by atoms with Gasteiger partial charge in [-0.05, 0) is 110 Å². The van der Waals surface area contributed by atoms with E-state index in [0.717, 1.165) is 67.0 Å². The summed E-state index contributed by atoms with van der Waals surface area (Å²) in [5.74, 6) is 0. The van der Waals surface area contributed by atoms with E-state index in [2.05, 4.69) is 180 Å². The van der Waals surface area contributed by atoms with Crippen molar-refractivity contribution in [2.75, 3.05) is 0 Å². The van der Waals surface area contributed by atoms with Crippen LogP contribution >= 0.6 is 11.8 Å². The van der Waals surface area contributed by atoms with Crippen LogP contribution in [0.4, 0.5) is 0 Å². The van der Waals surface area contributed by atoms with E-state index in [4.69, 9.17) is 9.97 Å². The molecule has 0 unspecified atom stereocenters. The second-order valence-electron chi connectivity index (χ2n) is 16.5. The van der Waals surface area contributed by atoms with Gasteiger partial charge in [-0.15, -0.1) is 0 Å². The van der Waals surface area contributed by atoms with Gasteiger partial charge in [0.25, 0.3) is 0 Å². The highest BCUT2D eigenvalue weighted by atomic mass is 32.2. The van der Waals surface area contributed by atoms with Crippen molar-refractivity contribution in [3.8, 4) is 67.4 Å². The zero-order chi connectivity index (χ0) is 42.2. The van der Waals surface area contributed by atoms with E-state index in [1.807, 2.05) is 60.6 Å². The van der Waals surface area contributed by atoms with Crippen molar-refractivity contribution in [1.29, 1.82) is 0 Å². The van der Waals surface area contributed by atoms with Crippen molar-refractivity contribution in [1.82, 2.24) is 19.9 Å². The zero-order valence-corrected chi connectivity index (χ0v) is 35.3. The fraction of sp³-hybridized carbons (Fsp3) is 0.0169. The van der Waals surface area contributed by atoms with Crippen molar-refractivity contribution >= 4 is 33.4 Å². The van der Waals surface area contributed by atoms with Gasteiger partial charge < -0.3 is 0 Å². The topological polar surface area (TPSA) is 51.6 Å². The Bertz CT molecular complexity index is 3520. The van der Waals surface area contributed by atoms with Gasteiger partial charge in [-0.25, -0.2) is 9.97 Å². The van der Waals surface area contributed by atoms with Crippen LogP contribution in [0.1, 0.15) is 22.3 Å². The first-order valence-corrected chi connectivity index (χ1v) is 22.4. The van der Waals surface area contributed by atoms with E-state index in [-0.39, 0.29) is 0 Å². The first-order valence-electron chi connectivity index (χ1n) is 21.6. The molecule has 2 aliphatic rings. The van der Waals surface area contributed by atoms with E-state index in [0.29, 0.717) is 0 Å². The van der Waals surface area contributed by atoms with Gasteiger partial charge in [0, 0.05) is 43.9 Å². The average molecular weight is 833 g/mol. The molecule has 0 bridgehead atoms. The quantitative estimate of drug-likeness (QED) is 0.162. The molecule has 298 valence electrons. The third-order valence-electron chi connectivity index (χ3n) is 13.0. The molecule has 13 rings (SSSR count). The second-order valence-corrected chi connectivity index (χ2v) is 17.5. The molecule has 11 aromatic rings. The summed E-state index contributed by atoms with van der Waals surface area (Å²) in [4.78, 5) is 22.3. The zero-order valence-electron chi connectivity index (χ0n) is 34.5. The highest BCUT2D eigenvalue weighted by molar-refractivity contribution is 7.99. The van der Waals surface area contributed by atoms with Crippen LogP contribution in [0.25, 0.3) is 89.1 Å².